The van der Waals surface area contributed by atoms with Crippen molar-refractivity contribution in [3.63, 3.8) is 0 Å². The van der Waals surface area contributed by atoms with Crippen LogP contribution in [0.1, 0.15) is 19.4 Å². The summed E-state index contributed by atoms with van der Waals surface area (Å²) in [4.78, 5) is 0. The minimum Gasteiger partial charge on any atom is -0.496 e. The summed E-state index contributed by atoms with van der Waals surface area (Å²) in [6.07, 6.45) is 0. The third-order valence-electron chi connectivity index (χ3n) is 2.46. The van der Waals surface area contributed by atoms with Crippen molar-refractivity contribution in [1.29, 1.82) is 0 Å². The van der Waals surface area contributed by atoms with Gasteiger partial charge in [-0.05, 0) is 30.7 Å². The van der Waals surface area contributed by atoms with Gasteiger partial charge < -0.3 is 10.1 Å². The summed E-state index contributed by atoms with van der Waals surface area (Å²) in [5.74, 6) is -2.54. The van der Waals surface area contributed by atoms with Gasteiger partial charge in [-0.15, -0.1) is 0 Å². The Bertz CT molecular complexity index is 397. The molecule has 0 aliphatic carbocycles. The molecule has 5 heteroatoms. The Morgan fingerprint density at radius 3 is 2.61 bits per heavy atom. The van der Waals surface area contributed by atoms with Crippen LogP contribution in [0.4, 0.5) is 8.78 Å². The lowest BCUT2D eigenvalue weighted by Crippen LogP contribution is -2.33. The first-order valence-electron chi connectivity index (χ1n) is 5.79. The third kappa shape index (κ3) is 4.10. The highest BCUT2D eigenvalue weighted by molar-refractivity contribution is 6.30. The quantitative estimate of drug-likeness (QED) is 0.856. The molecule has 1 aromatic rings. The van der Waals surface area contributed by atoms with E-state index in [-0.39, 0.29) is 16.3 Å². The van der Waals surface area contributed by atoms with Crippen LogP contribution in [0, 0.1) is 5.92 Å². The van der Waals surface area contributed by atoms with Crippen molar-refractivity contribution in [2.75, 3.05) is 20.2 Å². The molecule has 0 radical (unpaired) electrons. The Labute approximate surface area is 111 Å². The van der Waals surface area contributed by atoms with Gasteiger partial charge in [0.15, 0.2) is 0 Å². The van der Waals surface area contributed by atoms with Gasteiger partial charge in [0.25, 0.3) is 5.92 Å². The summed E-state index contributed by atoms with van der Waals surface area (Å²) in [5.41, 5.74) is -0.186. The fraction of sp³-hybridized carbons (Fsp3) is 0.538. The summed E-state index contributed by atoms with van der Waals surface area (Å²) in [7, 11) is 1.37. The average molecular weight is 278 g/mol. The summed E-state index contributed by atoms with van der Waals surface area (Å²) >= 11 is 5.76. The number of methoxy groups -OCH3 is 1. The van der Waals surface area contributed by atoms with E-state index in [4.69, 9.17) is 16.3 Å². The number of ether oxygens (including phenoxy) is 1. The maximum Gasteiger partial charge on any atom is 0.289 e. The van der Waals surface area contributed by atoms with Crippen molar-refractivity contribution in [2.24, 2.45) is 5.92 Å². The lowest BCUT2D eigenvalue weighted by Gasteiger charge is -2.20. The third-order valence-corrected chi connectivity index (χ3v) is 2.69. The Hall–Kier alpha value is -0.870. The molecule has 0 saturated carbocycles. The summed E-state index contributed by atoms with van der Waals surface area (Å²) in [6, 6.07) is 4.23. The molecule has 0 bridgehead atoms. The van der Waals surface area contributed by atoms with Gasteiger partial charge in [0.05, 0.1) is 19.2 Å². The smallest absolute Gasteiger partial charge is 0.289 e. The van der Waals surface area contributed by atoms with Crippen molar-refractivity contribution < 1.29 is 13.5 Å². The largest absolute Gasteiger partial charge is 0.496 e. The predicted octanol–water partition coefficient (Wildman–Crippen LogP) is 3.69. The van der Waals surface area contributed by atoms with Gasteiger partial charge in [-0.2, -0.15) is 8.78 Å². The van der Waals surface area contributed by atoms with Crippen molar-refractivity contribution in [3.8, 4) is 5.75 Å². The van der Waals surface area contributed by atoms with E-state index in [2.05, 4.69) is 5.32 Å². The minimum absolute atomic E-state index is 0.149. The lowest BCUT2D eigenvalue weighted by atomic mass is 10.1. The normalized spacial score (nSPS) is 11.9. The van der Waals surface area contributed by atoms with E-state index in [1.165, 1.54) is 25.3 Å². The van der Waals surface area contributed by atoms with E-state index in [1.54, 1.807) is 0 Å². The van der Waals surface area contributed by atoms with Crippen LogP contribution in [0.15, 0.2) is 18.2 Å². The molecular formula is C13H18ClF2NO. The zero-order chi connectivity index (χ0) is 13.8. The van der Waals surface area contributed by atoms with Crippen molar-refractivity contribution >= 4 is 11.6 Å². The van der Waals surface area contributed by atoms with Crippen LogP contribution in [0.2, 0.25) is 5.02 Å². The number of hydrogen-bond donors (Lipinski definition) is 1. The van der Waals surface area contributed by atoms with E-state index in [1.807, 2.05) is 13.8 Å². The Morgan fingerprint density at radius 1 is 1.39 bits per heavy atom. The zero-order valence-electron chi connectivity index (χ0n) is 10.8. The molecule has 0 aliphatic heterocycles. The Kier molecular flexibility index (Phi) is 5.35. The van der Waals surface area contributed by atoms with Crippen LogP contribution in [0.3, 0.4) is 0 Å². The van der Waals surface area contributed by atoms with Crippen LogP contribution < -0.4 is 10.1 Å². The molecule has 2 nitrogen and oxygen atoms in total. The molecule has 0 aromatic heterocycles. The molecule has 0 aliphatic rings. The molecule has 0 spiro atoms. The van der Waals surface area contributed by atoms with E-state index in [9.17, 15) is 8.78 Å². The first-order valence-corrected chi connectivity index (χ1v) is 6.17. The monoisotopic (exact) mass is 277 g/mol. The predicted molar refractivity (Wildman–Crippen MR) is 69.6 cm³/mol. The number of halogens is 3. The fourth-order valence-electron chi connectivity index (χ4n) is 1.58. The summed E-state index contributed by atoms with van der Waals surface area (Å²) in [5, 5.41) is 3.02. The van der Waals surface area contributed by atoms with Gasteiger partial charge in [-0.3, -0.25) is 0 Å². The Balaban J connectivity index is 2.85. The molecule has 0 saturated heterocycles. The van der Waals surface area contributed by atoms with Crippen LogP contribution in [0.5, 0.6) is 5.75 Å². The maximum absolute atomic E-state index is 14.0. The van der Waals surface area contributed by atoms with Crippen LogP contribution in [-0.4, -0.2) is 20.2 Å². The van der Waals surface area contributed by atoms with Gasteiger partial charge in [0.2, 0.25) is 0 Å². The number of rotatable bonds is 6. The average Bonchev–Trinajstić information content (AvgIpc) is 2.28. The molecular weight excluding hydrogens is 260 g/mol. The first-order chi connectivity index (χ1) is 8.36. The van der Waals surface area contributed by atoms with Gasteiger partial charge in [-0.1, -0.05) is 25.4 Å². The minimum atomic E-state index is -3.01. The topological polar surface area (TPSA) is 21.3 Å². The summed E-state index contributed by atoms with van der Waals surface area (Å²) in [6.45, 7) is 4.04. The van der Waals surface area contributed by atoms with Crippen molar-refractivity contribution in [1.82, 2.24) is 5.32 Å². The second kappa shape index (κ2) is 6.34. The highest BCUT2D eigenvalue weighted by Crippen LogP contribution is 2.36. The molecule has 0 heterocycles. The number of alkyl halides is 2. The van der Waals surface area contributed by atoms with Crippen molar-refractivity contribution in [3.05, 3.63) is 28.8 Å². The van der Waals surface area contributed by atoms with Gasteiger partial charge in [0.1, 0.15) is 5.75 Å². The van der Waals surface area contributed by atoms with Crippen LogP contribution in [-0.2, 0) is 5.92 Å². The maximum atomic E-state index is 14.0. The number of benzene rings is 1. The standard InChI is InChI=1S/C13H18ClF2NO/c1-9(2)7-17-8-13(15,16)11-6-10(14)4-5-12(11)18-3/h4-6,9,17H,7-8H2,1-3H3. The molecule has 0 fully saturated rings. The van der Waals surface area contributed by atoms with E-state index in [0.29, 0.717) is 12.5 Å². The molecule has 0 amide bonds. The van der Waals surface area contributed by atoms with E-state index in [0.717, 1.165) is 0 Å². The SMILES string of the molecule is COc1ccc(Cl)cc1C(F)(F)CNCC(C)C. The lowest BCUT2D eigenvalue weighted by molar-refractivity contribution is -0.00564. The van der Waals surface area contributed by atoms with Crippen LogP contribution >= 0.6 is 11.6 Å². The molecule has 102 valence electrons. The second-order valence-electron chi connectivity index (χ2n) is 4.57. The van der Waals surface area contributed by atoms with Gasteiger partial charge in [-0.25, -0.2) is 0 Å². The van der Waals surface area contributed by atoms with Crippen LogP contribution in [0.25, 0.3) is 0 Å². The highest BCUT2D eigenvalue weighted by atomic mass is 35.5. The number of nitrogens with one attached hydrogen (secondary N) is 1. The second-order valence-corrected chi connectivity index (χ2v) is 5.01. The molecule has 1 N–H and O–H groups in total. The summed E-state index contributed by atoms with van der Waals surface area (Å²) < 4.78 is 33.0. The first kappa shape index (κ1) is 15.2. The van der Waals surface area contributed by atoms with Crippen molar-refractivity contribution in [2.45, 2.75) is 19.8 Å². The highest BCUT2D eigenvalue weighted by Gasteiger charge is 2.34. The molecule has 0 atom stereocenters. The zero-order valence-corrected chi connectivity index (χ0v) is 11.5. The van der Waals surface area contributed by atoms with Gasteiger partial charge >= 0.3 is 0 Å². The molecule has 1 aromatic carbocycles. The fourth-order valence-corrected chi connectivity index (χ4v) is 1.75. The van der Waals surface area contributed by atoms with E-state index < -0.39 is 12.5 Å². The van der Waals surface area contributed by atoms with Gasteiger partial charge in [0, 0.05) is 5.02 Å². The molecule has 1 rings (SSSR count). The Morgan fingerprint density at radius 2 is 2.06 bits per heavy atom. The number of hydrogen-bond acceptors (Lipinski definition) is 2. The molecule has 18 heavy (non-hydrogen) atoms. The van der Waals surface area contributed by atoms with E-state index >= 15 is 0 Å². The molecule has 0 unspecified atom stereocenters.